The van der Waals surface area contributed by atoms with Crippen molar-refractivity contribution < 1.29 is 9.59 Å². The van der Waals surface area contributed by atoms with Crippen molar-refractivity contribution in [3.63, 3.8) is 0 Å². The van der Waals surface area contributed by atoms with Gasteiger partial charge in [0.25, 0.3) is 0 Å². The van der Waals surface area contributed by atoms with E-state index in [2.05, 4.69) is 36.5 Å². The third-order valence-electron chi connectivity index (χ3n) is 4.40. The third kappa shape index (κ3) is 6.50. The molecule has 0 aromatic heterocycles. The molecule has 1 aromatic carbocycles. The van der Waals surface area contributed by atoms with Crippen LogP contribution in [0.1, 0.15) is 44.7 Å². The number of carbonyl (C=O) groups excluding carboxylic acids is 2. The minimum Gasteiger partial charge on any atom is -0.353 e. The minimum absolute atomic E-state index is 0.0267. The van der Waals surface area contributed by atoms with Gasteiger partial charge >= 0.3 is 0 Å². The van der Waals surface area contributed by atoms with Crippen LogP contribution in [0, 0.1) is 6.92 Å². The van der Waals surface area contributed by atoms with Gasteiger partial charge in [-0.3, -0.25) is 14.5 Å². The summed E-state index contributed by atoms with van der Waals surface area (Å²) < 4.78 is 0. The molecule has 2 rings (SSSR count). The van der Waals surface area contributed by atoms with E-state index in [0.29, 0.717) is 25.7 Å². The lowest BCUT2D eigenvalue weighted by Gasteiger charge is -2.27. The summed E-state index contributed by atoms with van der Waals surface area (Å²) in [4.78, 5) is 28.7. The Hall–Kier alpha value is -1.88. The smallest absolute Gasteiger partial charge is 0.237 e. The normalized spacial score (nSPS) is 14.0. The molecule has 5 heteroatoms. The van der Waals surface area contributed by atoms with Crippen molar-refractivity contribution >= 4 is 11.8 Å². The van der Waals surface area contributed by atoms with E-state index >= 15 is 0 Å². The molecule has 25 heavy (non-hydrogen) atoms. The Bertz CT molecular complexity index is 579. The summed E-state index contributed by atoms with van der Waals surface area (Å²) in [6.07, 6.45) is 2.16. The van der Waals surface area contributed by atoms with E-state index in [1.807, 2.05) is 30.6 Å². The second-order valence-corrected chi connectivity index (χ2v) is 7.26. The largest absolute Gasteiger partial charge is 0.353 e. The van der Waals surface area contributed by atoms with Crippen LogP contribution in [0.5, 0.6) is 0 Å². The zero-order valence-electron chi connectivity index (χ0n) is 15.9. The van der Waals surface area contributed by atoms with Gasteiger partial charge in [-0.25, -0.2) is 0 Å². The molecule has 1 aliphatic rings. The lowest BCUT2D eigenvalue weighted by atomic mass is 10.1. The van der Waals surface area contributed by atoms with Crippen LogP contribution in [0.25, 0.3) is 0 Å². The van der Waals surface area contributed by atoms with Crippen LogP contribution in [-0.4, -0.2) is 53.3 Å². The minimum atomic E-state index is -0.0267. The summed E-state index contributed by atoms with van der Waals surface area (Å²) in [7, 11) is 0. The van der Waals surface area contributed by atoms with Crippen molar-refractivity contribution in [2.75, 3.05) is 19.6 Å². The molecule has 1 N–H and O–H groups in total. The molecule has 0 bridgehead atoms. The van der Waals surface area contributed by atoms with Gasteiger partial charge in [0.1, 0.15) is 0 Å². The van der Waals surface area contributed by atoms with Gasteiger partial charge in [0.2, 0.25) is 11.8 Å². The number of amides is 2. The first kappa shape index (κ1) is 19.4. The SMILES string of the molecule is CCN(CC(=O)NC(C)C)CC(=O)N(Cc1ccc(C)cc1)C1CC1. The summed E-state index contributed by atoms with van der Waals surface area (Å²) in [6.45, 7) is 9.82. The maximum absolute atomic E-state index is 12.8. The van der Waals surface area contributed by atoms with Crippen LogP contribution in [0.3, 0.4) is 0 Å². The Labute approximate surface area is 151 Å². The molecule has 1 aliphatic carbocycles. The van der Waals surface area contributed by atoms with Gasteiger partial charge in [-0.05, 0) is 45.7 Å². The number of benzene rings is 1. The summed E-state index contributed by atoms with van der Waals surface area (Å²) in [5, 5.41) is 2.88. The van der Waals surface area contributed by atoms with Crippen LogP contribution >= 0.6 is 0 Å². The molecule has 138 valence electrons. The van der Waals surface area contributed by atoms with Crippen LogP contribution in [0.15, 0.2) is 24.3 Å². The van der Waals surface area contributed by atoms with E-state index in [9.17, 15) is 9.59 Å². The van der Waals surface area contributed by atoms with Crippen LogP contribution < -0.4 is 5.32 Å². The van der Waals surface area contributed by atoms with Crippen molar-refractivity contribution in [1.29, 1.82) is 0 Å². The van der Waals surface area contributed by atoms with Crippen molar-refractivity contribution in [1.82, 2.24) is 15.1 Å². The Morgan fingerprint density at radius 3 is 2.32 bits per heavy atom. The van der Waals surface area contributed by atoms with Gasteiger partial charge < -0.3 is 10.2 Å². The van der Waals surface area contributed by atoms with Gasteiger partial charge in [-0.15, -0.1) is 0 Å². The zero-order chi connectivity index (χ0) is 18.4. The quantitative estimate of drug-likeness (QED) is 0.747. The fraction of sp³-hybridized carbons (Fsp3) is 0.600. The molecule has 1 fully saturated rings. The summed E-state index contributed by atoms with van der Waals surface area (Å²) >= 11 is 0. The predicted octanol–water partition coefficient (Wildman–Crippen LogP) is 2.33. The number of carbonyl (C=O) groups is 2. The monoisotopic (exact) mass is 345 g/mol. The van der Waals surface area contributed by atoms with E-state index in [0.717, 1.165) is 18.4 Å². The average molecular weight is 345 g/mol. The summed E-state index contributed by atoms with van der Waals surface area (Å²) in [6, 6.07) is 8.82. The Morgan fingerprint density at radius 1 is 1.16 bits per heavy atom. The number of aryl methyl sites for hydroxylation is 1. The number of nitrogens with one attached hydrogen (secondary N) is 1. The molecule has 1 aromatic rings. The molecule has 0 unspecified atom stereocenters. The summed E-state index contributed by atoms with van der Waals surface area (Å²) in [5.74, 6) is 0.0865. The second kappa shape index (κ2) is 8.99. The highest BCUT2D eigenvalue weighted by Gasteiger charge is 2.33. The molecule has 5 nitrogen and oxygen atoms in total. The predicted molar refractivity (Wildman–Crippen MR) is 100 cm³/mol. The van der Waals surface area contributed by atoms with E-state index in [1.165, 1.54) is 5.56 Å². The van der Waals surface area contributed by atoms with Gasteiger partial charge in [0.15, 0.2) is 0 Å². The van der Waals surface area contributed by atoms with E-state index in [4.69, 9.17) is 0 Å². The molecule has 0 aliphatic heterocycles. The Balaban J connectivity index is 1.94. The van der Waals surface area contributed by atoms with Gasteiger partial charge in [-0.1, -0.05) is 36.8 Å². The highest BCUT2D eigenvalue weighted by atomic mass is 16.2. The van der Waals surface area contributed by atoms with Crippen LogP contribution in [0.2, 0.25) is 0 Å². The van der Waals surface area contributed by atoms with Crippen molar-refractivity contribution in [2.24, 2.45) is 0 Å². The van der Waals surface area contributed by atoms with Crippen molar-refractivity contribution in [3.8, 4) is 0 Å². The number of nitrogens with zero attached hydrogens (tertiary/aromatic N) is 2. The highest BCUT2D eigenvalue weighted by Crippen LogP contribution is 2.28. The lowest BCUT2D eigenvalue weighted by molar-refractivity contribution is -0.134. The van der Waals surface area contributed by atoms with Crippen molar-refractivity contribution in [2.45, 2.75) is 59.2 Å². The number of rotatable bonds is 9. The Morgan fingerprint density at radius 2 is 1.80 bits per heavy atom. The standard InChI is InChI=1S/C20H31N3O2/c1-5-22(13-19(24)21-15(2)3)14-20(25)23(18-10-11-18)12-17-8-6-16(4)7-9-17/h6-9,15,18H,5,10-14H2,1-4H3,(H,21,24). The van der Waals surface area contributed by atoms with Gasteiger partial charge in [0, 0.05) is 18.6 Å². The lowest BCUT2D eigenvalue weighted by Crippen LogP contribution is -2.45. The van der Waals surface area contributed by atoms with E-state index < -0.39 is 0 Å². The first-order chi connectivity index (χ1) is 11.9. The number of hydrogen-bond donors (Lipinski definition) is 1. The molecular weight excluding hydrogens is 314 g/mol. The fourth-order valence-electron chi connectivity index (χ4n) is 2.83. The number of hydrogen-bond acceptors (Lipinski definition) is 3. The first-order valence-corrected chi connectivity index (χ1v) is 9.25. The topological polar surface area (TPSA) is 52.7 Å². The first-order valence-electron chi connectivity index (χ1n) is 9.25. The molecule has 1 saturated carbocycles. The van der Waals surface area contributed by atoms with Crippen molar-refractivity contribution in [3.05, 3.63) is 35.4 Å². The molecule has 0 heterocycles. The molecule has 0 radical (unpaired) electrons. The van der Waals surface area contributed by atoms with Gasteiger partial charge in [0.05, 0.1) is 13.1 Å². The highest BCUT2D eigenvalue weighted by molar-refractivity contribution is 5.81. The van der Waals surface area contributed by atoms with Crippen LogP contribution in [0.4, 0.5) is 0 Å². The van der Waals surface area contributed by atoms with E-state index in [1.54, 1.807) is 0 Å². The molecular formula is C20H31N3O2. The van der Waals surface area contributed by atoms with Crippen LogP contribution in [-0.2, 0) is 16.1 Å². The number of likely N-dealkylation sites (N-methyl/N-ethyl adjacent to an activating group) is 1. The molecule has 0 atom stereocenters. The maximum atomic E-state index is 12.8. The fourth-order valence-corrected chi connectivity index (χ4v) is 2.83. The molecule has 0 spiro atoms. The molecule has 0 saturated heterocycles. The third-order valence-corrected chi connectivity index (χ3v) is 4.40. The average Bonchev–Trinajstić information content (AvgIpc) is 3.37. The Kier molecular flexibility index (Phi) is 7.00. The zero-order valence-corrected chi connectivity index (χ0v) is 15.9. The summed E-state index contributed by atoms with van der Waals surface area (Å²) in [5.41, 5.74) is 2.38. The van der Waals surface area contributed by atoms with Gasteiger partial charge in [-0.2, -0.15) is 0 Å². The van der Waals surface area contributed by atoms with E-state index in [-0.39, 0.29) is 24.4 Å². The maximum Gasteiger partial charge on any atom is 0.237 e. The second-order valence-electron chi connectivity index (χ2n) is 7.26. The molecule has 2 amide bonds.